The van der Waals surface area contributed by atoms with Crippen LogP contribution in [0.1, 0.15) is 20.8 Å². The summed E-state index contributed by atoms with van der Waals surface area (Å²) in [6, 6.07) is 0. The van der Waals surface area contributed by atoms with E-state index in [4.69, 9.17) is 0 Å². The number of hydrogen-bond acceptors (Lipinski definition) is 1. The number of hydrogen-bond donors (Lipinski definition) is 0. The van der Waals surface area contributed by atoms with Crippen LogP contribution in [0.25, 0.3) is 0 Å². The summed E-state index contributed by atoms with van der Waals surface area (Å²) in [5.41, 5.74) is 1.62. The Kier molecular flexibility index (Phi) is 1.59. The molecule has 1 nitrogen and oxygen atoms in total. The van der Waals surface area contributed by atoms with Crippen LogP contribution in [0.15, 0.2) is 24.0 Å². The molecule has 0 bridgehead atoms. The highest BCUT2D eigenvalue weighted by Crippen LogP contribution is 2.35. The molecule has 0 aromatic heterocycles. The highest BCUT2D eigenvalue weighted by Gasteiger charge is 2.26. The minimum atomic E-state index is 0.240. The summed E-state index contributed by atoms with van der Waals surface area (Å²) >= 11 is 0. The third kappa shape index (κ3) is 0.962. The molecule has 0 radical (unpaired) electrons. The zero-order valence-corrected chi connectivity index (χ0v) is 7.18. The molecule has 1 heterocycles. The first-order valence-corrected chi connectivity index (χ1v) is 3.67. The summed E-state index contributed by atoms with van der Waals surface area (Å²) in [4.78, 5) is 2.17. The molecule has 10 heavy (non-hydrogen) atoms. The van der Waals surface area contributed by atoms with Crippen molar-refractivity contribution in [2.45, 2.75) is 20.8 Å². The number of allylic oxidation sites excluding steroid dienone is 2. The predicted molar refractivity (Wildman–Crippen MR) is 44.4 cm³/mol. The van der Waals surface area contributed by atoms with Gasteiger partial charge < -0.3 is 4.90 Å². The van der Waals surface area contributed by atoms with E-state index in [0.717, 1.165) is 0 Å². The molecule has 0 spiro atoms. The van der Waals surface area contributed by atoms with Crippen LogP contribution < -0.4 is 0 Å². The average Bonchev–Trinajstić information content (AvgIpc) is 2.07. The minimum Gasteiger partial charge on any atom is -0.354 e. The number of rotatable bonds is 0. The highest BCUT2D eigenvalue weighted by molar-refractivity contribution is 5.25. The maximum atomic E-state index is 2.22. The van der Waals surface area contributed by atoms with E-state index in [0.29, 0.717) is 0 Å². The minimum absolute atomic E-state index is 0.240. The van der Waals surface area contributed by atoms with Crippen molar-refractivity contribution in [2.75, 3.05) is 7.05 Å². The summed E-state index contributed by atoms with van der Waals surface area (Å²) in [5, 5.41) is 0. The van der Waals surface area contributed by atoms with Gasteiger partial charge in [0.15, 0.2) is 0 Å². The van der Waals surface area contributed by atoms with E-state index in [2.05, 4.69) is 51.1 Å². The van der Waals surface area contributed by atoms with E-state index in [1.165, 1.54) is 5.70 Å². The summed E-state index contributed by atoms with van der Waals surface area (Å²) in [7, 11) is 2.08. The Hall–Kier alpha value is -0.720. The van der Waals surface area contributed by atoms with Gasteiger partial charge >= 0.3 is 0 Å². The van der Waals surface area contributed by atoms with E-state index in [-0.39, 0.29) is 5.41 Å². The zero-order valence-electron chi connectivity index (χ0n) is 7.18. The van der Waals surface area contributed by atoms with E-state index in [9.17, 15) is 0 Å². The van der Waals surface area contributed by atoms with Gasteiger partial charge in [0.05, 0.1) is 0 Å². The van der Waals surface area contributed by atoms with E-state index >= 15 is 0 Å². The summed E-state index contributed by atoms with van der Waals surface area (Å²) in [6.07, 6.45) is 6.51. The molecule has 0 fully saturated rings. The van der Waals surface area contributed by atoms with Crippen LogP contribution >= 0.6 is 0 Å². The quantitative estimate of drug-likeness (QED) is 0.495. The van der Waals surface area contributed by atoms with Gasteiger partial charge in [-0.15, -0.1) is 0 Å². The Morgan fingerprint density at radius 3 is 2.30 bits per heavy atom. The molecule has 0 saturated heterocycles. The van der Waals surface area contributed by atoms with Crippen molar-refractivity contribution in [1.82, 2.24) is 4.90 Å². The van der Waals surface area contributed by atoms with Crippen LogP contribution in [0.2, 0.25) is 0 Å². The Bertz CT molecular complexity index is 187. The molecule has 56 valence electrons. The van der Waals surface area contributed by atoms with Crippen molar-refractivity contribution < 1.29 is 0 Å². The van der Waals surface area contributed by atoms with Crippen LogP contribution in [0, 0.1) is 5.41 Å². The van der Waals surface area contributed by atoms with Gasteiger partial charge in [-0.25, -0.2) is 0 Å². The molecule has 1 rings (SSSR count). The van der Waals surface area contributed by atoms with Crippen LogP contribution in [0.3, 0.4) is 0 Å². The first kappa shape index (κ1) is 7.39. The topological polar surface area (TPSA) is 3.24 Å². The number of nitrogens with zero attached hydrogens (tertiary/aromatic N) is 1. The van der Waals surface area contributed by atoms with Crippen molar-refractivity contribution in [3.63, 3.8) is 0 Å². The molecule has 1 aliphatic rings. The molecular formula is C9H15N. The van der Waals surface area contributed by atoms with Gasteiger partial charge in [0.2, 0.25) is 0 Å². The van der Waals surface area contributed by atoms with Gasteiger partial charge in [0, 0.05) is 24.4 Å². The third-order valence-electron chi connectivity index (χ3n) is 2.03. The van der Waals surface area contributed by atoms with Crippen molar-refractivity contribution in [2.24, 2.45) is 5.41 Å². The lowest BCUT2D eigenvalue weighted by Gasteiger charge is -2.22. The molecule has 1 aliphatic heterocycles. The maximum Gasteiger partial charge on any atom is 0.0242 e. The normalized spacial score (nSPS) is 26.4. The third-order valence-corrected chi connectivity index (χ3v) is 2.03. The first-order valence-electron chi connectivity index (χ1n) is 3.67. The molecule has 0 saturated carbocycles. The van der Waals surface area contributed by atoms with Gasteiger partial charge in [0.1, 0.15) is 0 Å². The van der Waals surface area contributed by atoms with E-state index in [1.54, 1.807) is 0 Å². The Morgan fingerprint density at radius 2 is 2.10 bits per heavy atom. The molecule has 0 N–H and O–H groups in total. The van der Waals surface area contributed by atoms with Crippen LogP contribution in [-0.4, -0.2) is 11.9 Å². The van der Waals surface area contributed by atoms with Crippen LogP contribution in [0.5, 0.6) is 0 Å². The van der Waals surface area contributed by atoms with Gasteiger partial charge in [-0.3, -0.25) is 0 Å². The monoisotopic (exact) mass is 137 g/mol. The van der Waals surface area contributed by atoms with Crippen LogP contribution in [-0.2, 0) is 0 Å². The van der Waals surface area contributed by atoms with Crippen molar-refractivity contribution >= 4 is 0 Å². The molecule has 0 aromatic rings. The lowest BCUT2D eigenvalue weighted by atomic mass is 9.91. The van der Waals surface area contributed by atoms with Gasteiger partial charge in [0.25, 0.3) is 0 Å². The SMILES string of the molecule is CC=C1N(C)C=CC1(C)C. The van der Waals surface area contributed by atoms with Crippen molar-refractivity contribution in [3.05, 3.63) is 24.0 Å². The predicted octanol–water partition coefficient (Wildman–Crippen LogP) is 2.38. The van der Waals surface area contributed by atoms with Crippen molar-refractivity contribution in [1.29, 1.82) is 0 Å². The average molecular weight is 137 g/mol. The smallest absolute Gasteiger partial charge is 0.0242 e. The largest absolute Gasteiger partial charge is 0.354 e. The standard InChI is InChI=1S/C9H15N/c1-5-8-9(2,3)6-7-10(8)4/h5-7H,1-4H3. The first-order chi connectivity index (χ1) is 4.58. The molecule has 0 amide bonds. The van der Waals surface area contributed by atoms with Gasteiger partial charge in [-0.2, -0.15) is 0 Å². The second-order valence-electron chi connectivity index (χ2n) is 3.32. The van der Waals surface area contributed by atoms with E-state index in [1.807, 2.05) is 0 Å². The van der Waals surface area contributed by atoms with Gasteiger partial charge in [-0.1, -0.05) is 26.0 Å². The molecule has 1 heteroatoms. The maximum absolute atomic E-state index is 2.22. The molecule has 0 unspecified atom stereocenters. The lowest BCUT2D eigenvalue weighted by molar-refractivity contribution is 0.462. The second-order valence-corrected chi connectivity index (χ2v) is 3.32. The Morgan fingerprint density at radius 1 is 1.50 bits per heavy atom. The second kappa shape index (κ2) is 2.15. The summed E-state index contributed by atoms with van der Waals surface area (Å²) in [5.74, 6) is 0. The van der Waals surface area contributed by atoms with Crippen molar-refractivity contribution in [3.8, 4) is 0 Å². The molecular weight excluding hydrogens is 122 g/mol. The highest BCUT2D eigenvalue weighted by atomic mass is 15.1. The summed E-state index contributed by atoms with van der Waals surface area (Å²) < 4.78 is 0. The molecule has 0 aliphatic carbocycles. The fourth-order valence-electron chi connectivity index (χ4n) is 1.49. The van der Waals surface area contributed by atoms with Crippen LogP contribution in [0.4, 0.5) is 0 Å². The fraction of sp³-hybridized carbons (Fsp3) is 0.556. The Labute approximate surface area is 63.0 Å². The van der Waals surface area contributed by atoms with E-state index < -0.39 is 0 Å². The lowest BCUT2D eigenvalue weighted by Crippen LogP contribution is -2.16. The zero-order chi connectivity index (χ0) is 7.78. The Balaban J connectivity index is 2.93. The molecule has 0 aromatic carbocycles. The fourth-order valence-corrected chi connectivity index (χ4v) is 1.49. The molecule has 0 atom stereocenters. The van der Waals surface area contributed by atoms with Gasteiger partial charge in [-0.05, 0) is 6.92 Å². The summed E-state index contributed by atoms with van der Waals surface area (Å²) in [6.45, 7) is 6.53.